The molecule has 1 saturated heterocycles. The number of phenols is 1. The van der Waals surface area contributed by atoms with Crippen molar-refractivity contribution in [3.05, 3.63) is 65.0 Å². The molecule has 2 aromatic carbocycles. The average Bonchev–Trinajstić information content (AvgIpc) is 3.32. The number of hydrogen-bond acceptors (Lipinski definition) is 4. The van der Waals surface area contributed by atoms with E-state index in [1.165, 1.54) is 23.3 Å². The number of fused-ring (bicyclic) bond motifs is 1. The number of allylic oxidation sites excluding steroid dienone is 2. The molecule has 0 saturated carbocycles. The summed E-state index contributed by atoms with van der Waals surface area (Å²) in [7, 11) is -4.01. The molecular formula is C33H41F6NO3S. The molecule has 1 aliphatic heterocycles. The highest BCUT2D eigenvalue weighted by Crippen LogP contribution is 2.40. The summed E-state index contributed by atoms with van der Waals surface area (Å²) in [6.45, 7) is 1.75. The van der Waals surface area contributed by atoms with Crippen molar-refractivity contribution in [2.45, 2.75) is 95.2 Å². The molecule has 0 amide bonds. The minimum Gasteiger partial charge on any atom is -0.508 e. The summed E-state index contributed by atoms with van der Waals surface area (Å²) in [5.41, 5.74) is 5.71. The van der Waals surface area contributed by atoms with Crippen molar-refractivity contribution in [1.29, 1.82) is 0 Å². The van der Waals surface area contributed by atoms with E-state index in [2.05, 4.69) is 4.90 Å². The first-order valence-corrected chi connectivity index (χ1v) is 17.3. The van der Waals surface area contributed by atoms with Crippen LogP contribution in [-0.4, -0.2) is 61.2 Å². The van der Waals surface area contributed by atoms with Crippen LogP contribution in [0.5, 0.6) is 5.75 Å². The number of aryl methyl sites for hydroxylation is 1. The van der Waals surface area contributed by atoms with Crippen LogP contribution in [0.3, 0.4) is 0 Å². The predicted molar refractivity (Wildman–Crippen MR) is 161 cm³/mol. The van der Waals surface area contributed by atoms with E-state index in [0.29, 0.717) is 6.42 Å². The summed E-state index contributed by atoms with van der Waals surface area (Å²) in [6.07, 6.45) is 1.55. The van der Waals surface area contributed by atoms with E-state index in [9.17, 15) is 39.9 Å². The van der Waals surface area contributed by atoms with Crippen LogP contribution in [0.4, 0.5) is 26.3 Å². The molecule has 1 atom stereocenters. The van der Waals surface area contributed by atoms with Crippen molar-refractivity contribution in [3.63, 3.8) is 0 Å². The summed E-state index contributed by atoms with van der Waals surface area (Å²) >= 11 is 0. The van der Waals surface area contributed by atoms with Crippen molar-refractivity contribution < 1.29 is 39.9 Å². The number of rotatable bonds is 14. The number of halogens is 6. The second kappa shape index (κ2) is 14.7. The van der Waals surface area contributed by atoms with Crippen LogP contribution >= 0.6 is 0 Å². The van der Waals surface area contributed by atoms with Gasteiger partial charge in [-0.3, -0.25) is 0 Å². The lowest BCUT2D eigenvalue weighted by Gasteiger charge is -2.24. The molecule has 0 radical (unpaired) electrons. The van der Waals surface area contributed by atoms with Crippen molar-refractivity contribution in [2.24, 2.45) is 0 Å². The Kier molecular flexibility index (Phi) is 11.5. The molecule has 244 valence electrons. The minimum absolute atomic E-state index is 0.177. The molecule has 0 aromatic heterocycles. The smallest absolute Gasteiger partial charge is 0.453 e. The molecular weight excluding hydrogens is 604 g/mol. The maximum absolute atomic E-state index is 13.7. The number of benzene rings is 2. The zero-order chi connectivity index (χ0) is 32.0. The normalized spacial score (nSPS) is 18.5. The molecule has 1 aliphatic carbocycles. The van der Waals surface area contributed by atoms with Gasteiger partial charge < -0.3 is 10.0 Å². The third-order valence-corrected chi connectivity index (χ3v) is 10.6. The monoisotopic (exact) mass is 645 g/mol. The van der Waals surface area contributed by atoms with Crippen LogP contribution in [0.15, 0.2) is 42.5 Å². The van der Waals surface area contributed by atoms with E-state index >= 15 is 0 Å². The molecule has 2 aliphatic rings. The molecule has 2 aromatic rings. The third-order valence-electron chi connectivity index (χ3n) is 8.85. The standard InChI is InChI=1S/C33H41F6NO3S/c34-26-14-12-24(13-15-26)29-11-4-7-25-23-28(41)16-17-30(25)31(29)10-2-1-3-19-40-20-5-8-27(40)9-6-21-44(42,43)22-18-32(35,36)33(37,38)39/h12-17,23,27,41H,1-11,18-22H2. The Morgan fingerprint density at radius 3 is 2.36 bits per heavy atom. The molecule has 4 rings (SSSR count). The van der Waals surface area contributed by atoms with Gasteiger partial charge in [0.05, 0.1) is 11.5 Å². The van der Waals surface area contributed by atoms with Gasteiger partial charge in [-0.15, -0.1) is 0 Å². The van der Waals surface area contributed by atoms with Crippen LogP contribution in [0, 0.1) is 5.82 Å². The van der Waals surface area contributed by atoms with Crippen LogP contribution in [0.2, 0.25) is 0 Å². The van der Waals surface area contributed by atoms with Gasteiger partial charge in [-0.25, -0.2) is 12.8 Å². The number of unbranched alkanes of at least 4 members (excludes halogenated alkanes) is 2. The second-order valence-electron chi connectivity index (χ2n) is 12.0. The SMILES string of the molecule is O=S(=O)(CCCC1CCCN1CCCCCC1=C(c2ccc(F)cc2)CCCc2cc(O)ccc21)CCC(F)(F)C(F)(F)F. The molecule has 1 N–H and O–H groups in total. The van der Waals surface area contributed by atoms with E-state index in [1.54, 1.807) is 6.07 Å². The fourth-order valence-corrected chi connectivity index (χ4v) is 7.86. The van der Waals surface area contributed by atoms with Gasteiger partial charge in [0.1, 0.15) is 11.6 Å². The van der Waals surface area contributed by atoms with E-state index in [1.807, 2.05) is 24.3 Å². The Hall–Kier alpha value is -2.53. The molecule has 1 unspecified atom stereocenters. The van der Waals surface area contributed by atoms with Crippen LogP contribution < -0.4 is 0 Å². The van der Waals surface area contributed by atoms with Gasteiger partial charge in [-0.1, -0.05) is 24.6 Å². The highest BCUT2D eigenvalue weighted by molar-refractivity contribution is 7.91. The summed E-state index contributed by atoms with van der Waals surface area (Å²) in [6, 6.07) is 12.3. The summed E-state index contributed by atoms with van der Waals surface area (Å²) in [5.74, 6) is -6.62. The number of likely N-dealkylation sites (tertiary alicyclic amines) is 1. The van der Waals surface area contributed by atoms with Gasteiger partial charge in [0.25, 0.3) is 0 Å². The number of hydrogen-bond donors (Lipinski definition) is 1. The molecule has 0 bridgehead atoms. The fraction of sp³-hybridized carbons (Fsp3) is 0.576. The lowest BCUT2D eigenvalue weighted by atomic mass is 9.89. The Labute approximate surface area is 256 Å². The minimum atomic E-state index is -5.75. The average molecular weight is 646 g/mol. The molecule has 0 spiro atoms. The van der Waals surface area contributed by atoms with E-state index in [4.69, 9.17) is 0 Å². The molecule has 1 fully saturated rings. The van der Waals surface area contributed by atoms with Gasteiger partial charge in [0.15, 0.2) is 9.84 Å². The lowest BCUT2D eigenvalue weighted by Crippen LogP contribution is -2.38. The number of nitrogens with zero attached hydrogens (tertiary/aromatic N) is 1. The quantitative estimate of drug-likeness (QED) is 0.165. The van der Waals surface area contributed by atoms with Gasteiger partial charge in [0.2, 0.25) is 0 Å². The lowest BCUT2D eigenvalue weighted by molar-refractivity contribution is -0.282. The summed E-state index contributed by atoms with van der Waals surface area (Å²) < 4.78 is 101. The zero-order valence-corrected chi connectivity index (χ0v) is 25.6. The first-order valence-electron chi connectivity index (χ1n) is 15.4. The Bertz CT molecular complexity index is 1390. The van der Waals surface area contributed by atoms with Crippen LogP contribution in [0.25, 0.3) is 11.1 Å². The highest BCUT2D eigenvalue weighted by Gasteiger charge is 2.57. The maximum atomic E-state index is 13.7. The molecule has 1 heterocycles. The Balaban J connectivity index is 1.28. The number of sulfone groups is 1. The predicted octanol–water partition coefficient (Wildman–Crippen LogP) is 8.59. The topological polar surface area (TPSA) is 57.6 Å². The van der Waals surface area contributed by atoms with Gasteiger partial charge in [0, 0.05) is 12.5 Å². The van der Waals surface area contributed by atoms with Gasteiger partial charge >= 0.3 is 12.1 Å². The Morgan fingerprint density at radius 1 is 0.886 bits per heavy atom. The van der Waals surface area contributed by atoms with Crippen molar-refractivity contribution >= 4 is 21.0 Å². The number of phenolic OH excluding ortho intramolecular Hbond substituents is 1. The van der Waals surface area contributed by atoms with Gasteiger partial charge in [-0.2, -0.15) is 22.0 Å². The first kappa shape index (κ1) is 34.3. The van der Waals surface area contributed by atoms with E-state index in [-0.39, 0.29) is 24.0 Å². The highest BCUT2D eigenvalue weighted by atomic mass is 32.2. The fourth-order valence-electron chi connectivity index (χ4n) is 6.48. The van der Waals surface area contributed by atoms with Crippen molar-refractivity contribution in [2.75, 3.05) is 24.6 Å². The van der Waals surface area contributed by atoms with Crippen molar-refractivity contribution in [1.82, 2.24) is 4.90 Å². The van der Waals surface area contributed by atoms with Crippen LogP contribution in [0.1, 0.15) is 87.3 Å². The number of aromatic hydroxyl groups is 1. The van der Waals surface area contributed by atoms with E-state index in [0.717, 1.165) is 87.6 Å². The molecule has 11 heteroatoms. The van der Waals surface area contributed by atoms with E-state index < -0.39 is 39.9 Å². The Morgan fingerprint density at radius 2 is 1.64 bits per heavy atom. The molecule has 44 heavy (non-hydrogen) atoms. The number of alkyl halides is 5. The zero-order valence-electron chi connectivity index (χ0n) is 24.8. The maximum Gasteiger partial charge on any atom is 0.453 e. The third kappa shape index (κ3) is 9.25. The summed E-state index contributed by atoms with van der Waals surface area (Å²) in [4.78, 5) is 2.33. The van der Waals surface area contributed by atoms with Gasteiger partial charge in [-0.05, 0) is 129 Å². The molecule has 4 nitrogen and oxygen atoms in total. The summed E-state index contributed by atoms with van der Waals surface area (Å²) in [5, 5.41) is 10.1. The second-order valence-corrected chi connectivity index (χ2v) is 14.4. The van der Waals surface area contributed by atoms with Crippen molar-refractivity contribution in [3.8, 4) is 5.75 Å². The van der Waals surface area contributed by atoms with Crippen LogP contribution in [-0.2, 0) is 16.3 Å². The largest absolute Gasteiger partial charge is 0.508 e. The first-order chi connectivity index (χ1) is 20.8.